The zero-order valence-electron chi connectivity index (χ0n) is 8.44. The van der Waals surface area contributed by atoms with Crippen molar-refractivity contribution >= 4 is 34.0 Å². The summed E-state index contributed by atoms with van der Waals surface area (Å²) in [7, 11) is 0. The fourth-order valence-corrected chi connectivity index (χ4v) is 1.73. The summed E-state index contributed by atoms with van der Waals surface area (Å²) in [6.07, 6.45) is 0. The quantitative estimate of drug-likeness (QED) is 0.852. The van der Waals surface area contributed by atoms with Crippen molar-refractivity contribution in [2.45, 2.75) is 0 Å². The predicted octanol–water partition coefficient (Wildman–Crippen LogP) is 3.91. The molecule has 0 aliphatic carbocycles. The summed E-state index contributed by atoms with van der Waals surface area (Å²) in [5.74, 6) is 0. The molecule has 3 heteroatoms. The molecule has 0 saturated carbocycles. The van der Waals surface area contributed by atoms with Crippen LogP contribution in [0.3, 0.4) is 0 Å². The lowest BCUT2D eigenvalue weighted by Gasteiger charge is -2.06. The molecule has 0 atom stereocenters. The van der Waals surface area contributed by atoms with Gasteiger partial charge in [-0.25, -0.2) is 0 Å². The molecule has 0 aliphatic heterocycles. The molecule has 0 spiro atoms. The second-order valence-electron chi connectivity index (χ2n) is 3.32. The summed E-state index contributed by atoms with van der Waals surface area (Å²) in [6, 6.07) is 17.7. The molecule has 0 aliphatic rings. The lowest BCUT2D eigenvalue weighted by Crippen LogP contribution is -1.90. The van der Waals surface area contributed by atoms with E-state index in [1.165, 1.54) is 3.57 Å². The summed E-state index contributed by atoms with van der Waals surface area (Å²) in [5.41, 5.74) is 2.62. The minimum Gasteiger partial charge on any atom is -0.355 e. The molecule has 0 radical (unpaired) electrons. The van der Waals surface area contributed by atoms with Gasteiger partial charge < -0.3 is 5.32 Å². The van der Waals surface area contributed by atoms with E-state index < -0.39 is 0 Å². The standard InChI is InChI=1S/C13H9IN2/c14-11-4-6-12(7-5-11)16-13-3-1-2-10(8-13)9-15/h1-8,16H. The highest BCUT2D eigenvalue weighted by Gasteiger charge is 1.96. The monoisotopic (exact) mass is 320 g/mol. The van der Waals surface area contributed by atoms with E-state index in [9.17, 15) is 0 Å². The van der Waals surface area contributed by atoms with Gasteiger partial charge in [0.05, 0.1) is 11.6 Å². The van der Waals surface area contributed by atoms with Gasteiger partial charge in [-0.15, -0.1) is 0 Å². The van der Waals surface area contributed by atoms with E-state index in [0.29, 0.717) is 5.56 Å². The average Bonchev–Trinajstić information content (AvgIpc) is 2.32. The maximum Gasteiger partial charge on any atom is 0.0992 e. The molecule has 2 rings (SSSR count). The van der Waals surface area contributed by atoms with Crippen LogP contribution in [0.1, 0.15) is 5.56 Å². The second-order valence-corrected chi connectivity index (χ2v) is 4.57. The van der Waals surface area contributed by atoms with E-state index in [-0.39, 0.29) is 0 Å². The first-order valence-corrected chi connectivity index (χ1v) is 5.88. The number of halogens is 1. The van der Waals surface area contributed by atoms with Crippen LogP contribution in [0, 0.1) is 14.9 Å². The highest BCUT2D eigenvalue weighted by atomic mass is 127. The minimum absolute atomic E-state index is 0.663. The normalized spacial score (nSPS) is 9.50. The van der Waals surface area contributed by atoms with Crippen LogP contribution in [0.15, 0.2) is 48.5 Å². The van der Waals surface area contributed by atoms with Crippen molar-refractivity contribution in [3.05, 3.63) is 57.7 Å². The van der Waals surface area contributed by atoms with Gasteiger partial charge >= 0.3 is 0 Å². The minimum atomic E-state index is 0.663. The van der Waals surface area contributed by atoms with Gasteiger partial charge in [-0.3, -0.25) is 0 Å². The Balaban J connectivity index is 2.21. The first kappa shape index (κ1) is 11.0. The highest BCUT2D eigenvalue weighted by molar-refractivity contribution is 14.1. The van der Waals surface area contributed by atoms with Crippen molar-refractivity contribution in [1.29, 1.82) is 5.26 Å². The Labute approximate surface area is 108 Å². The molecule has 2 aromatic rings. The fourth-order valence-electron chi connectivity index (χ4n) is 1.37. The molecule has 0 aromatic heterocycles. The van der Waals surface area contributed by atoms with E-state index in [1.807, 2.05) is 42.5 Å². The van der Waals surface area contributed by atoms with Crippen molar-refractivity contribution < 1.29 is 0 Å². The first-order valence-electron chi connectivity index (χ1n) is 4.81. The number of benzene rings is 2. The van der Waals surface area contributed by atoms with E-state index in [4.69, 9.17) is 5.26 Å². The first-order chi connectivity index (χ1) is 7.78. The number of anilines is 2. The maximum atomic E-state index is 8.79. The Bertz CT molecular complexity index is 526. The molecule has 78 valence electrons. The van der Waals surface area contributed by atoms with Crippen molar-refractivity contribution in [1.82, 2.24) is 0 Å². The van der Waals surface area contributed by atoms with Gasteiger partial charge in [-0.1, -0.05) is 6.07 Å². The van der Waals surface area contributed by atoms with Gasteiger partial charge in [0.1, 0.15) is 0 Å². The van der Waals surface area contributed by atoms with E-state index >= 15 is 0 Å². The van der Waals surface area contributed by atoms with Crippen LogP contribution in [-0.4, -0.2) is 0 Å². The van der Waals surface area contributed by atoms with Crippen LogP contribution < -0.4 is 5.32 Å². The average molecular weight is 320 g/mol. The number of nitrogens with zero attached hydrogens (tertiary/aromatic N) is 1. The Morgan fingerprint density at radius 2 is 1.75 bits per heavy atom. The Morgan fingerprint density at radius 3 is 2.44 bits per heavy atom. The van der Waals surface area contributed by atoms with E-state index in [1.54, 1.807) is 6.07 Å². The lowest BCUT2D eigenvalue weighted by atomic mass is 10.2. The van der Waals surface area contributed by atoms with Crippen molar-refractivity contribution in [2.24, 2.45) is 0 Å². The zero-order valence-corrected chi connectivity index (χ0v) is 10.6. The van der Waals surface area contributed by atoms with Crippen LogP contribution in [-0.2, 0) is 0 Å². The molecule has 0 amide bonds. The van der Waals surface area contributed by atoms with Crippen LogP contribution >= 0.6 is 22.6 Å². The zero-order chi connectivity index (χ0) is 11.4. The van der Waals surface area contributed by atoms with Gasteiger partial charge in [0, 0.05) is 14.9 Å². The molecule has 0 fully saturated rings. The van der Waals surface area contributed by atoms with Crippen LogP contribution in [0.4, 0.5) is 11.4 Å². The third-order valence-corrected chi connectivity index (χ3v) is 2.84. The predicted molar refractivity (Wildman–Crippen MR) is 73.6 cm³/mol. The third kappa shape index (κ3) is 2.74. The molecule has 2 aromatic carbocycles. The molecular weight excluding hydrogens is 311 g/mol. The number of hydrogen-bond acceptors (Lipinski definition) is 2. The van der Waals surface area contributed by atoms with Crippen molar-refractivity contribution in [3.63, 3.8) is 0 Å². The number of hydrogen-bond donors (Lipinski definition) is 1. The maximum absolute atomic E-state index is 8.79. The van der Waals surface area contributed by atoms with Gasteiger partial charge in [-0.05, 0) is 65.1 Å². The summed E-state index contributed by atoms with van der Waals surface area (Å²) in [5, 5.41) is 12.0. The molecule has 0 heterocycles. The largest absolute Gasteiger partial charge is 0.355 e. The smallest absolute Gasteiger partial charge is 0.0992 e. The van der Waals surface area contributed by atoms with Gasteiger partial charge in [-0.2, -0.15) is 5.26 Å². The van der Waals surface area contributed by atoms with Crippen molar-refractivity contribution in [2.75, 3.05) is 5.32 Å². The van der Waals surface area contributed by atoms with Gasteiger partial charge in [0.2, 0.25) is 0 Å². The molecule has 1 N–H and O–H groups in total. The Kier molecular flexibility index (Phi) is 3.42. The SMILES string of the molecule is N#Cc1cccc(Nc2ccc(I)cc2)c1. The summed E-state index contributed by atoms with van der Waals surface area (Å²) in [4.78, 5) is 0. The Morgan fingerprint density at radius 1 is 1.00 bits per heavy atom. The lowest BCUT2D eigenvalue weighted by molar-refractivity contribution is 1.47. The summed E-state index contributed by atoms with van der Waals surface area (Å²) >= 11 is 2.27. The molecule has 0 bridgehead atoms. The molecule has 0 unspecified atom stereocenters. The van der Waals surface area contributed by atoms with E-state index in [0.717, 1.165) is 11.4 Å². The van der Waals surface area contributed by atoms with Gasteiger partial charge in [0.15, 0.2) is 0 Å². The van der Waals surface area contributed by atoms with Crippen LogP contribution in [0.2, 0.25) is 0 Å². The van der Waals surface area contributed by atoms with Crippen LogP contribution in [0.25, 0.3) is 0 Å². The van der Waals surface area contributed by atoms with Crippen molar-refractivity contribution in [3.8, 4) is 6.07 Å². The second kappa shape index (κ2) is 4.99. The topological polar surface area (TPSA) is 35.8 Å². The molecule has 0 saturated heterocycles. The van der Waals surface area contributed by atoms with E-state index in [2.05, 4.69) is 34.0 Å². The highest BCUT2D eigenvalue weighted by Crippen LogP contribution is 2.18. The fraction of sp³-hybridized carbons (Fsp3) is 0. The van der Waals surface area contributed by atoms with Gasteiger partial charge in [0.25, 0.3) is 0 Å². The Hall–Kier alpha value is -1.54. The number of nitrogens with one attached hydrogen (secondary N) is 1. The summed E-state index contributed by atoms with van der Waals surface area (Å²) < 4.78 is 1.20. The molecule has 2 nitrogen and oxygen atoms in total. The van der Waals surface area contributed by atoms with Crippen LogP contribution in [0.5, 0.6) is 0 Å². The molecule has 16 heavy (non-hydrogen) atoms. The summed E-state index contributed by atoms with van der Waals surface area (Å²) in [6.45, 7) is 0. The number of nitriles is 1. The number of rotatable bonds is 2. The third-order valence-electron chi connectivity index (χ3n) is 2.12. The molecular formula is C13H9IN2.